The molecular formula is C32H30NNaO4. The quantitative estimate of drug-likeness (QED) is 0.227. The number of carbonyl (C=O) groups is 2. The summed E-state index contributed by atoms with van der Waals surface area (Å²) in [4.78, 5) is 26.7. The molecule has 4 aromatic carbocycles. The molecule has 38 heavy (non-hydrogen) atoms. The van der Waals surface area contributed by atoms with Gasteiger partial charge in [0.15, 0.2) is 0 Å². The van der Waals surface area contributed by atoms with Crippen LogP contribution in [0.3, 0.4) is 0 Å². The molecule has 0 N–H and O–H groups in total. The minimum atomic E-state index is -1.20. The van der Waals surface area contributed by atoms with Crippen molar-refractivity contribution in [2.24, 2.45) is 0 Å². The third-order valence-electron chi connectivity index (χ3n) is 6.34. The average Bonchev–Trinajstić information content (AvgIpc) is 2.95. The number of carbonyl (C=O) groups excluding carboxylic acids is 2. The van der Waals surface area contributed by atoms with Crippen molar-refractivity contribution in [3.63, 3.8) is 0 Å². The Balaban J connectivity index is 0.00000400. The first-order valence-corrected chi connectivity index (χ1v) is 12.4. The van der Waals surface area contributed by atoms with Gasteiger partial charge in [-0.3, -0.25) is 4.79 Å². The van der Waals surface area contributed by atoms with Crippen LogP contribution in [-0.2, 0) is 13.0 Å². The molecule has 4 aromatic rings. The van der Waals surface area contributed by atoms with Crippen LogP contribution >= 0.6 is 0 Å². The van der Waals surface area contributed by atoms with Crippen LogP contribution in [0.2, 0.25) is 0 Å². The van der Waals surface area contributed by atoms with Gasteiger partial charge < -0.3 is 19.5 Å². The molecule has 5 nitrogen and oxygen atoms in total. The van der Waals surface area contributed by atoms with Crippen molar-refractivity contribution >= 4 is 11.9 Å². The first kappa shape index (κ1) is 29.2. The molecule has 0 fully saturated rings. The molecular weight excluding hydrogens is 485 g/mol. The van der Waals surface area contributed by atoms with E-state index in [9.17, 15) is 14.7 Å². The maximum absolute atomic E-state index is 13.5. The summed E-state index contributed by atoms with van der Waals surface area (Å²) in [6.07, 6.45) is 2.83. The summed E-state index contributed by atoms with van der Waals surface area (Å²) >= 11 is 0. The molecule has 0 radical (unpaired) electrons. The van der Waals surface area contributed by atoms with Gasteiger partial charge in [0.2, 0.25) is 0 Å². The van der Waals surface area contributed by atoms with Gasteiger partial charge in [-0.05, 0) is 83.5 Å². The van der Waals surface area contributed by atoms with Crippen molar-refractivity contribution in [1.82, 2.24) is 4.90 Å². The van der Waals surface area contributed by atoms with Gasteiger partial charge in [-0.1, -0.05) is 66.7 Å². The summed E-state index contributed by atoms with van der Waals surface area (Å²) in [6.45, 7) is 1.08. The van der Waals surface area contributed by atoms with Crippen LogP contribution < -0.4 is 39.4 Å². The zero-order chi connectivity index (χ0) is 26.0. The molecule has 4 rings (SSSR count). The van der Waals surface area contributed by atoms with Crippen LogP contribution in [0.1, 0.15) is 44.7 Å². The second-order valence-corrected chi connectivity index (χ2v) is 8.97. The molecule has 0 atom stereocenters. The largest absolute Gasteiger partial charge is 1.00 e. The van der Waals surface area contributed by atoms with E-state index in [-0.39, 0.29) is 41.0 Å². The second kappa shape index (κ2) is 14.5. The Bertz CT molecular complexity index is 1340. The molecule has 6 heteroatoms. The smallest absolute Gasteiger partial charge is 0.545 e. The fourth-order valence-corrected chi connectivity index (χ4v) is 4.34. The maximum Gasteiger partial charge on any atom is 1.00 e. The van der Waals surface area contributed by atoms with E-state index >= 15 is 0 Å². The van der Waals surface area contributed by atoms with Crippen LogP contribution in [-0.4, -0.2) is 30.4 Å². The average molecular weight is 516 g/mol. The Morgan fingerprint density at radius 1 is 0.737 bits per heavy atom. The number of unbranched alkanes of at least 4 members (excludes halogenated alkanes) is 1. The predicted molar refractivity (Wildman–Crippen MR) is 143 cm³/mol. The van der Waals surface area contributed by atoms with E-state index in [1.807, 2.05) is 53.4 Å². The zero-order valence-corrected chi connectivity index (χ0v) is 23.9. The van der Waals surface area contributed by atoms with Gasteiger partial charge in [-0.15, -0.1) is 0 Å². The van der Waals surface area contributed by atoms with Gasteiger partial charge in [-0.2, -0.15) is 0 Å². The van der Waals surface area contributed by atoms with Crippen LogP contribution in [0, 0.1) is 0 Å². The summed E-state index contributed by atoms with van der Waals surface area (Å²) in [5.41, 5.74) is 4.70. The Morgan fingerprint density at radius 2 is 1.39 bits per heavy atom. The molecule has 188 valence electrons. The Kier molecular flexibility index (Phi) is 11.2. The summed E-state index contributed by atoms with van der Waals surface area (Å²) in [5, 5.41) is 11.3. The van der Waals surface area contributed by atoms with Crippen LogP contribution in [0.15, 0.2) is 103 Å². The summed E-state index contributed by atoms with van der Waals surface area (Å²) in [6, 6.07) is 32.1. The minimum absolute atomic E-state index is 0. The van der Waals surface area contributed by atoms with E-state index in [4.69, 9.17) is 4.74 Å². The fourth-order valence-electron chi connectivity index (χ4n) is 4.34. The van der Waals surface area contributed by atoms with Crippen molar-refractivity contribution in [2.45, 2.75) is 25.8 Å². The number of benzene rings is 4. The number of amides is 1. The Morgan fingerprint density at radius 3 is 2.08 bits per heavy atom. The van der Waals surface area contributed by atoms with Crippen molar-refractivity contribution in [3.05, 3.63) is 125 Å². The number of aromatic carboxylic acids is 1. The molecule has 0 heterocycles. The maximum atomic E-state index is 13.5. The number of carboxylic acids is 1. The van der Waals surface area contributed by atoms with Crippen molar-refractivity contribution in [2.75, 3.05) is 13.7 Å². The fraction of sp³-hybridized carbons (Fsp3) is 0.188. The molecule has 0 bridgehead atoms. The number of ether oxygens (including phenoxy) is 1. The van der Waals surface area contributed by atoms with Crippen molar-refractivity contribution < 1.29 is 49.0 Å². The number of carboxylic acid groups (broad SMARTS) is 1. The molecule has 0 saturated heterocycles. The normalized spacial score (nSPS) is 10.3. The standard InChI is InChI=1S/C32H31NO4.Na/c1-37-30-18-16-26(17-19-30)31(34)33(20-6-5-11-24-9-3-2-4-10-24)23-25-12-7-13-27(21-25)28-14-8-15-29(22-28)32(35)36;/h2-4,7-10,12-19,21-22H,5-6,11,20,23H2,1H3,(H,35,36);/q;+1/p-1. The van der Waals surface area contributed by atoms with Crippen LogP contribution in [0.4, 0.5) is 0 Å². The number of methoxy groups -OCH3 is 1. The number of aryl methyl sites for hydroxylation is 1. The first-order chi connectivity index (χ1) is 18.0. The van der Waals surface area contributed by atoms with Gasteiger partial charge in [0.05, 0.1) is 13.1 Å². The Labute approximate surface area is 246 Å². The van der Waals surface area contributed by atoms with Crippen LogP contribution in [0.5, 0.6) is 5.75 Å². The molecule has 0 unspecified atom stereocenters. The molecule has 0 spiro atoms. The third kappa shape index (κ3) is 8.06. The molecule has 0 aliphatic carbocycles. The van der Waals surface area contributed by atoms with Gasteiger partial charge >= 0.3 is 29.6 Å². The van der Waals surface area contributed by atoms with Crippen molar-refractivity contribution in [1.29, 1.82) is 0 Å². The molecule has 0 aromatic heterocycles. The summed E-state index contributed by atoms with van der Waals surface area (Å²) in [7, 11) is 1.60. The number of hydrogen-bond donors (Lipinski definition) is 0. The SMILES string of the molecule is COc1ccc(C(=O)N(CCCCc2ccccc2)Cc2cccc(-c3cccc(C(=O)[O-])c3)c2)cc1.[Na+]. The van der Waals surface area contributed by atoms with Gasteiger partial charge in [0.1, 0.15) is 5.75 Å². The van der Waals surface area contributed by atoms with E-state index in [2.05, 4.69) is 12.1 Å². The molecule has 1 amide bonds. The van der Waals surface area contributed by atoms with E-state index in [1.54, 1.807) is 43.5 Å². The van der Waals surface area contributed by atoms with Crippen LogP contribution in [0.25, 0.3) is 11.1 Å². The van der Waals surface area contributed by atoms with Crippen molar-refractivity contribution in [3.8, 4) is 16.9 Å². The monoisotopic (exact) mass is 515 g/mol. The zero-order valence-electron chi connectivity index (χ0n) is 21.9. The third-order valence-corrected chi connectivity index (χ3v) is 6.34. The molecule has 0 aliphatic heterocycles. The van der Waals surface area contributed by atoms with E-state index in [0.717, 1.165) is 36.0 Å². The Hall–Kier alpha value is -3.38. The van der Waals surface area contributed by atoms with Gasteiger partial charge in [0, 0.05) is 18.7 Å². The van der Waals surface area contributed by atoms with E-state index in [0.29, 0.717) is 24.4 Å². The van der Waals surface area contributed by atoms with Gasteiger partial charge in [-0.25, -0.2) is 0 Å². The summed E-state index contributed by atoms with van der Waals surface area (Å²) in [5.74, 6) is -0.533. The molecule has 0 aliphatic rings. The second-order valence-electron chi connectivity index (χ2n) is 8.97. The van der Waals surface area contributed by atoms with E-state index in [1.165, 1.54) is 11.6 Å². The predicted octanol–water partition coefficient (Wildman–Crippen LogP) is 2.40. The first-order valence-electron chi connectivity index (χ1n) is 12.4. The van der Waals surface area contributed by atoms with Gasteiger partial charge in [0.25, 0.3) is 5.91 Å². The number of rotatable bonds is 11. The number of hydrogen-bond acceptors (Lipinski definition) is 4. The van der Waals surface area contributed by atoms with E-state index < -0.39 is 5.97 Å². The number of nitrogens with zero attached hydrogens (tertiary/aromatic N) is 1. The summed E-state index contributed by atoms with van der Waals surface area (Å²) < 4.78 is 5.24. The topological polar surface area (TPSA) is 69.7 Å². The molecule has 0 saturated carbocycles. The minimum Gasteiger partial charge on any atom is -0.545 e.